The summed E-state index contributed by atoms with van der Waals surface area (Å²) < 4.78 is 21.9. The molecule has 0 N–H and O–H groups in total. The first-order valence-electron chi connectivity index (χ1n) is 4.87. The summed E-state index contributed by atoms with van der Waals surface area (Å²) in [4.78, 5) is 13.1. The van der Waals surface area contributed by atoms with E-state index in [1.165, 1.54) is 0 Å². The number of rotatable bonds is 2. The second kappa shape index (κ2) is 4.70. The smallest absolute Gasteiger partial charge is 0.237 e. The standard InChI is InChI=1S/C9H16ClNO3S/c1-7-3-8(10)5-11(4-7)9(12)6-15(2,13)14/h7-8H,3-6H2,1-2H3. The summed E-state index contributed by atoms with van der Waals surface area (Å²) >= 11 is 5.98. The number of piperidine rings is 1. The molecule has 1 fully saturated rings. The van der Waals surface area contributed by atoms with Crippen molar-refractivity contribution >= 4 is 27.3 Å². The van der Waals surface area contributed by atoms with Crippen LogP contribution in [0.25, 0.3) is 0 Å². The van der Waals surface area contributed by atoms with Gasteiger partial charge in [-0.25, -0.2) is 8.42 Å². The molecular formula is C9H16ClNO3S. The zero-order valence-electron chi connectivity index (χ0n) is 8.94. The van der Waals surface area contributed by atoms with Crippen LogP contribution in [0.15, 0.2) is 0 Å². The number of halogens is 1. The Morgan fingerprint density at radius 1 is 1.47 bits per heavy atom. The summed E-state index contributed by atoms with van der Waals surface area (Å²) in [5, 5.41) is -0.0581. The minimum Gasteiger partial charge on any atom is -0.340 e. The van der Waals surface area contributed by atoms with Gasteiger partial charge in [-0.2, -0.15) is 0 Å². The summed E-state index contributed by atoms with van der Waals surface area (Å²) in [6.45, 7) is 3.08. The molecule has 1 saturated heterocycles. The SMILES string of the molecule is CC1CC(Cl)CN(C(=O)CS(C)(=O)=O)C1. The van der Waals surface area contributed by atoms with Gasteiger partial charge in [0, 0.05) is 19.3 Å². The predicted octanol–water partition coefficient (Wildman–Crippen LogP) is 0.507. The van der Waals surface area contributed by atoms with Crippen molar-refractivity contribution in [3.8, 4) is 0 Å². The maximum absolute atomic E-state index is 11.6. The molecule has 1 aliphatic heterocycles. The van der Waals surface area contributed by atoms with E-state index in [0.717, 1.165) is 12.7 Å². The van der Waals surface area contributed by atoms with Crippen LogP contribution in [0.1, 0.15) is 13.3 Å². The Balaban J connectivity index is 2.60. The molecule has 0 bridgehead atoms. The van der Waals surface area contributed by atoms with Gasteiger partial charge in [0.25, 0.3) is 0 Å². The van der Waals surface area contributed by atoms with E-state index in [4.69, 9.17) is 11.6 Å². The van der Waals surface area contributed by atoms with Crippen molar-refractivity contribution in [2.24, 2.45) is 5.92 Å². The van der Waals surface area contributed by atoms with Gasteiger partial charge in [0.05, 0.1) is 5.38 Å². The van der Waals surface area contributed by atoms with Gasteiger partial charge in [0.15, 0.2) is 9.84 Å². The predicted molar refractivity (Wildman–Crippen MR) is 59.7 cm³/mol. The summed E-state index contributed by atoms with van der Waals surface area (Å²) in [6.07, 6.45) is 1.95. The van der Waals surface area contributed by atoms with Crippen LogP contribution in [0.2, 0.25) is 0 Å². The third-order valence-electron chi connectivity index (χ3n) is 2.35. The summed E-state index contributed by atoms with van der Waals surface area (Å²) in [5.41, 5.74) is 0. The molecule has 2 atom stereocenters. The van der Waals surface area contributed by atoms with Crippen molar-refractivity contribution in [3.63, 3.8) is 0 Å². The molecule has 0 spiro atoms. The lowest BCUT2D eigenvalue weighted by molar-refractivity contribution is -0.130. The number of sulfone groups is 1. The average Bonchev–Trinajstić information content (AvgIpc) is 1.98. The molecule has 0 aromatic rings. The molecule has 1 amide bonds. The van der Waals surface area contributed by atoms with Gasteiger partial charge in [-0.05, 0) is 12.3 Å². The Morgan fingerprint density at radius 2 is 2.07 bits per heavy atom. The molecule has 1 heterocycles. The molecule has 0 aromatic heterocycles. The van der Waals surface area contributed by atoms with Gasteiger partial charge in [-0.3, -0.25) is 4.79 Å². The summed E-state index contributed by atoms with van der Waals surface area (Å²) in [7, 11) is -3.24. The maximum atomic E-state index is 11.6. The van der Waals surface area contributed by atoms with Crippen molar-refractivity contribution in [3.05, 3.63) is 0 Å². The highest BCUT2D eigenvalue weighted by Crippen LogP contribution is 2.20. The van der Waals surface area contributed by atoms with Crippen LogP contribution in [-0.2, 0) is 14.6 Å². The van der Waals surface area contributed by atoms with E-state index in [0.29, 0.717) is 19.0 Å². The average molecular weight is 254 g/mol. The first-order valence-corrected chi connectivity index (χ1v) is 7.37. The second-order valence-electron chi connectivity index (χ2n) is 4.31. The van der Waals surface area contributed by atoms with E-state index in [1.54, 1.807) is 4.90 Å². The van der Waals surface area contributed by atoms with Crippen molar-refractivity contribution < 1.29 is 13.2 Å². The third kappa shape index (κ3) is 4.38. The highest BCUT2D eigenvalue weighted by Gasteiger charge is 2.27. The number of hydrogen-bond donors (Lipinski definition) is 0. The van der Waals surface area contributed by atoms with Gasteiger partial charge in [-0.15, -0.1) is 11.6 Å². The maximum Gasteiger partial charge on any atom is 0.237 e. The van der Waals surface area contributed by atoms with Crippen LogP contribution in [0.5, 0.6) is 0 Å². The molecule has 4 nitrogen and oxygen atoms in total. The number of hydrogen-bond acceptors (Lipinski definition) is 3. The Bertz CT molecular complexity index is 331. The van der Waals surface area contributed by atoms with Gasteiger partial charge in [0.1, 0.15) is 5.75 Å². The Morgan fingerprint density at radius 3 is 2.53 bits per heavy atom. The molecule has 0 aliphatic carbocycles. The van der Waals surface area contributed by atoms with Crippen LogP contribution in [0.4, 0.5) is 0 Å². The molecule has 6 heteroatoms. The number of nitrogens with zero attached hydrogens (tertiary/aromatic N) is 1. The lowest BCUT2D eigenvalue weighted by Crippen LogP contribution is -2.45. The van der Waals surface area contributed by atoms with Crippen LogP contribution >= 0.6 is 11.6 Å². The first kappa shape index (κ1) is 12.8. The molecular weight excluding hydrogens is 238 g/mol. The van der Waals surface area contributed by atoms with Gasteiger partial charge >= 0.3 is 0 Å². The quantitative estimate of drug-likeness (QED) is 0.674. The third-order valence-corrected chi connectivity index (χ3v) is 3.43. The van der Waals surface area contributed by atoms with Crippen LogP contribution < -0.4 is 0 Å². The van der Waals surface area contributed by atoms with Crippen molar-refractivity contribution in [1.29, 1.82) is 0 Å². The largest absolute Gasteiger partial charge is 0.340 e. The number of amides is 1. The van der Waals surface area contributed by atoms with E-state index in [9.17, 15) is 13.2 Å². The highest BCUT2D eigenvalue weighted by atomic mass is 35.5. The molecule has 2 unspecified atom stereocenters. The number of alkyl halides is 1. The normalized spacial score (nSPS) is 27.8. The molecule has 88 valence electrons. The van der Waals surface area contributed by atoms with Crippen molar-refractivity contribution in [1.82, 2.24) is 4.90 Å². The van der Waals surface area contributed by atoms with E-state index in [1.807, 2.05) is 6.92 Å². The molecule has 1 aliphatic rings. The molecule has 0 aromatic carbocycles. The van der Waals surface area contributed by atoms with E-state index in [2.05, 4.69) is 0 Å². The number of carbonyl (C=O) groups excluding carboxylic acids is 1. The zero-order chi connectivity index (χ0) is 11.6. The fourth-order valence-corrected chi connectivity index (χ4v) is 2.90. The zero-order valence-corrected chi connectivity index (χ0v) is 10.5. The number of likely N-dealkylation sites (tertiary alicyclic amines) is 1. The van der Waals surface area contributed by atoms with E-state index >= 15 is 0 Å². The fourth-order valence-electron chi connectivity index (χ4n) is 1.79. The van der Waals surface area contributed by atoms with Crippen LogP contribution in [0.3, 0.4) is 0 Å². The van der Waals surface area contributed by atoms with Crippen LogP contribution in [-0.4, -0.2) is 49.7 Å². The fraction of sp³-hybridized carbons (Fsp3) is 0.889. The van der Waals surface area contributed by atoms with Gasteiger partial charge in [-0.1, -0.05) is 6.92 Å². The van der Waals surface area contributed by atoms with Gasteiger partial charge < -0.3 is 4.90 Å². The van der Waals surface area contributed by atoms with Crippen molar-refractivity contribution in [2.75, 3.05) is 25.1 Å². The minimum atomic E-state index is -3.24. The lowest BCUT2D eigenvalue weighted by atomic mass is 10.00. The topological polar surface area (TPSA) is 54.5 Å². The van der Waals surface area contributed by atoms with Gasteiger partial charge in [0.2, 0.25) is 5.91 Å². The Labute approximate surface area is 95.5 Å². The monoisotopic (exact) mass is 253 g/mol. The molecule has 0 radical (unpaired) electrons. The summed E-state index contributed by atoms with van der Waals surface area (Å²) in [6, 6.07) is 0. The second-order valence-corrected chi connectivity index (χ2v) is 7.06. The van der Waals surface area contributed by atoms with Crippen molar-refractivity contribution in [2.45, 2.75) is 18.7 Å². The Hall–Kier alpha value is -0.290. The van der Waals surface area contributed by atoms with Crippen LogP contribution in [0, 0.1) is 5.92 Å². The van der Waals surface area contributed by atoms with E-state index < -0.39 is 15.6 Å². The first-order chi connectivity index (χ1) is 6.78. The Kier molecular flexibility index (Phi) is 4.00. The minimum absolute atomic E-state index is 0.0581. The number of carbonyl (C=O) groups is 1. The molecule has 1 rings (SSSR count). The summed E-state index contributed by atoms with van der Waals surface area (Å²) in [5.74, 6) is -0.414. The van der Waals surface area contributed by atoms with E-state index in [-0.39, 0.29) is 11.3 Å². The molecule has 0 saturated carbocycles. The lowest BCUT2D eigenvalue weighted by Gasteiger charge is -2.33. The molecule has 15 heavy (non-hydrogen) atoms. The highest BCUT2D eigenvalue weighted by molar-refractivity contribution is 7.91.